The predicted octanol–water partition coefficient (Wildman–Crippen LogP) is 6.76. The zero-order valence-corrected chi connectivity index (χ0v) is 21.8. The molecule has 39 heavy (non-hydrogen) atoms. The summed E-state index contributed by atoms with van der Waals surface area (Å²) >= 11 is 0. The summed E-state index contributed by atoms with van der Waals surface area (Å²) in [6.07, 6.45) is 12.4. The number of imidazole rings is 2. The standard InChI is InChI=1S/C34H30N4O/c1-39-32-17-15-28(16-18-32)33(37-21-19-35-25-37)24-27-9-8-14-31(23-27)34(38-22-20-36-26-38,29-10-4-2-5-11-29)30-12-6-3-7-13-30/h2-23,25-26,33H,24H2,1H3. The van der Waals surface area contributed by atoms with E-state index in [1.807, 2.05) is 43.4 Å². The van der Waals surface area contributed by atoms with Gasteiger partial charge in [0.15, 0.2) is 0 Å². The molecule has 5 heteroatoms. The summed E-state index contributed by atoms with van der Waals surface area (Å²) in [5, 5.41) is 0. The smallest absolute Gasteiger partial charge is 0.121 e. The van der Waals surface area contributed by atoms with Crippen molar-refractivity contribution in [1.29, 1.82) is 0 Å². The van der Waals surface area contributed by atoms with Crippen molar-refractivity contribution >= 4 is 0 Å². The molecular formula is C34H30N4O. The number of aromatic nitrogens is 4. The molecule has 4 aromatic carbocycles. The van der Waals surface area contributed by atoms with E-state index >= 15 is 0 Å². The minimum absolute atomic E-state index is 0.0877. The van der Waals surface area contributed by atoms with E-state index < -0.39 is 5.54 Å². The van der Waals surface area contributed by atoms with Gasteiger partial charge in [-0.1, -0.05) is 97.1 Å². The lowest BCUT2D eigenvalue weighted by molar-refractivity contribution is 0.414. The molecule has 0 saturated heterocycles. The van der Waals surface area contributed by atoms with Gasteiger partial charge in [-0.3, -0.25) is 0 Å². The van der Waals surface area contributed by atoms with Crippen LogP contribution in [0, 0.1) is 0 Å². The Morgan fingerprint density at radius 2 is 1.33 bits per heavy atom. The topological polar surface area (TPSA) is 44.9 Å². The van der Waals surface area contributed by atoms with Gasteiger partial charge in [0.05, 0.1) is 25.8 Å². The molecule has 2 heterocycles. The molecule has 0 bridgehead atoms. The summed E-state index contributed by atoms with van der Waals surface area (Å²) in [7, 11) is 1.69. The SMILES string of the molecule is COc1ccc(C(Cc2cccc(C(c3ccccc3)(c3ccccc3)n3ccnc3)c2)n2ccnc2)cc1. The lowest BCUT2D eigenvalue weighted by Gasteiger charge is -2.37. The summed E-state index contributed by atoms with van der Waals surface area (Å²) < 4.78 is 9.79. The van der Waals surface area contributed by atoms with Gasteiger partial charge in [0, 0.05) is 24.8 Å². The Morgan fingerprint density at radius 3 is 1.92 bits per heavy atom. The van der Waals surface area contributed by atoms with Crippen molar-refractivity contribution in [2.45, 2.75) is 18.0 Å². The maximum atomic E-state index is 5.40. The van der Waals surface area contributed by atoms with E-state index in [9.17, 15) is 0 Å². The van der Waals surface area contributed by atoms with Crippen LogP contribution in [0.4, 0.5) is 0 Å². The third-order valence-electron chi connectivity index (χ3n) is 7.43. The predicted molar refractivity (Wildman–Crippen MR) is 154 cm³/mol. The average Bonchev–Trinajstić information content (AvgIpc) is 3.74. The molecular weight excluding hydrogens is 480 g/mol. The highest BCUT2D eigenvalue weighted by molar-refractivity contribution is 5.51. The molecule has 1 unspecified atom stereocenters. The highest BCUT2D eigenvalue weighted by Crippen LogP contribution is 2.41. The van der Waals surface area contributed by atoms with E-state index in [0.717, 1.165) is 12.2 Å². The number of nitrogens with zero attached hydrogens (tertiary/aromatic N) is 4. The van der Waals surface area contributed by atoms with Crippen molar-refractivity contribution in [2.75, 3.05) is 7.11 Å². The van der Waals surface area contributed by atoms with Crippen LogP contribution in [0.15, 0.2) is 147 Å². The normalized spacial score (nSPS) is 12.2. The molecule has 5 nitrogen and oxygen atoms in total. The van der Waals surface area contributed by atoms with Crippen LogP contribution in [-0.4, -0.2) is 26.2 Å². The highest BCUT2D eigenvalue weighted by atomic mass is 16.5. The Kier molecular flexibility index (Phi) is 6.79. The van der Waals surface area contributed by atoms with Crippen molar-refractivity contribution in [3.63, 3.8) is 0 Å². The molecule has 0 aliphatic rings. The molecule has 192 valence electrons. The van der Waals surface area contributed by atoms with Crippen LogP contribution >= 0.6 is 0 Å². The third-order valence-corrected chi connectivity index (χ3v) is 7.43. The first-order valence-electron chi connectivity index (χ1n) is 13.1. The fourth-order valence-electron chi connectivity index (χ4n) is 5.59. The quantitative estimate of drug-likeness (QED) is 0.202. The van der Waals surface area contributed by atoms with Crippen LogP contribution in [0.3, 0.4) is 0 Å². The highest BCUT2D eigenvalue weighted by Gasteiger charge is 2.38. The summed E-state index contributed by atoms with van der Waals surface area (Å²) in [4.78, 5) is 8.81. The van der Waals surface area contributed by atoms with Gasteiger partial charge in [-0.25, -0.2) is 9.97 Å². The van der Waals surface area contributed by atoms with E-state index in [0.29, 0.717) is 0 Å². The maximum absolute atomic E-state index is 5.40. The van der Waals surface area contributed by atoms with Gasteiger partial charge in [-0.15, -0.1) is 0 Å². The van der Waals surface area contributed by atoms with Gasteiger partial charge in [0.1, 0.15) is 11.3 Å². The second-order valence-corrected chi connectivity index (χ2v) is 9.62. The van der Waals surface area contributed by atoms with Gasteiger partial charge in [0.2, 0.25) is 0 Å². The molecule has 0 aliphatic heterocycles. The first-order chi connectivity index (χ1) is 19.3. The number of hydrogen-bond acceptors (Lipinski definition) is 3. The molecule has 2 aromatic heterocycles. The maximum Gasteiger partial charge on any atom is 0.121 e. The van der Waals surface area contributed by atoms with Crippen LogP contribution in [0.25, 0.3) is 0 Å². The average molecular weight is 511 g/mol. The van der Waals surface area contributed by atoms with Gasteiger partial charge in [-0.05, 0) is 46.4 Å². The number of rotatable bonds is 9. The summed E-state index contributed by atoms with van der Waals surface area (Å²) in [6.45, 7) is 0. The fourth-order valence-corrected chi connectivity index (χ4v) is 5.59. The van der Waals surface area contributed by atoms with E-state index in [-0.39, 0.29) is 6.04 Å². The van der Waals surface area contributed by atoms with Crippen molar-refractivity contribution in [1.82, 2.24) is 19.1 Å². The van der Waals surface area contributed by atoms with Crippen LogP contribution in [0.5, 0.6) is 5.75 Å². The molecule has 0 radical (unpaired) electrons. The van der Waals surface area contributed by atoms with Crippen molar-refractivity contribution in [3.05, 3.63) is 174 Å². The largest absolute Gasteiger partial charge is 0.497 e. The first-order valence-corrected chi connectivity index (χ1v) is 13.1. The zero-order chi connectivity index (χ0) is 26.5. The summed E-state index contributed by atoms with van der Waals surface area (Å²) in [5.41, 5.74) is 5.37. The molecule has 6 aromatic rings. The number of hydrogen-bond donors (Lipinski definition) is 0. The number of methoxy groups -OCH3 is 1. The summed E-state index contributed by atoms with van der Waals surface area (Å²) in [5.74, 6) is 0.848. The van der Waals surface area contributed by atoms with Gasteiger partial charge in [-0.2, -0.15) is 0 Å². The van der Waals surface area contributed by atoms with Crippen molar-refractivity contribution < 1.29 is 4.74 Å². The second-order valence-electron chi connectivity index (χ2n) is 9.62. The lowest BCUT2D eigenvalue weighted by atomic mass is 9.76. The monoisotopic (exact) mass is 510 g/mol. The van der Waals surface area contributed by atoms with E-state index in [2.05, 4.69) is 122 Å². The van der Waals surface area contributed by atoms with E-state index in [4.69, 9.17) is 4.74 Å². The molecule has 0 saturated carbocycles. The first kappa shape index (κ1) is 24.4. The van der Waals surface area contributed by atoms with Crippen molar-refractivity contribution in [2.24, 2.45) is 0 Å². The Labute approximate surface area is 229 Å². The molecule has 0 N–H and O–H groups in total. The van der Waals surface area contributed by atoms with E-state index in [1.165, 1.54) is 27.8 Å². The van der Waals surface area contributed by atoms with Crippen LogP contribution in [-0.2, 0) is 12.0 Å². The second kappa shape index (κ2) is 10.8. The minimum atomic E-state index is -0.584. The van der Waals surface area contributed by atoms with Crippen LogP contribution in [0.2, 0.25) is 0 Å². The third kappa shape index (κ3) is 4.64. The lowest BCUT2D eigenvalue weighted by Crippen LogP contribution is -2.37. The Balaban J connectivity index is 1.50. The van der Waals surface area contributed by atoms with Crippen molar-refractivity contribution in [3.8, 4) is 5.75 Å². The van der Waals surface area contributed by atoms with Gasteiger partial charge >= 0.3 is 0 Å². The van der Waals surface area contributed by atoms with Gasteiger partial charge < -0.3 is 13.9 Å². The molecule has 0 fully saturated rings. The van der Waals surface area contributed by atoms with E-state index in [1.54, 1.807) is 7.11 Å². The fraction of sp³-hybridized carbons (Fsp3) is 0.118. The Hall–Kier alpha value is -4.90. The van der Waals surface area contributed by atoms with Gasteiger partial charge in [0.25, 0.3) is 0 Å². The van der Waals surface area contributed by atoms with Crippen LogP contribution < -0.4 is 4.74 Å². The zero-order valence-electron chi connectivity index (χ0n) is 21.8. The number of benzene rings is 4. The minimum Gasteiger partial charge on any atom is -0.497 e. The molecule has 6 rings (SSSR count). The summed E-state index contributed by atoms with van der Waals surface area (Å²) in [6, 6.07) is 38.7. The Morgan fingerprint density at radius 1 is 0.692 bits per heavy atom. The molecule has 1 atom stereocenters. The number of ether oxygens (including phenoxy) is 1. The molecule has 0 amide bonds. The van der Waals surface area contributed by atoms with Crippen LogP contribution in [0.1, 0.15) is 33.9 Å². The molecule has 0 spiro atoms. The Bertz CT molecular complexity index is 1550. The molecule has 0 aliphatic carbocycles.